The second-order valence-electron chi connectivity index (χ2n) is 5.25. The van der Waals surface area contributed by atoms with E-state index in [1.807, 2.05) is 12.1 Å². The lowest BCUT2D eigenvalue weighted by molar-refractivity contribution is 0.271. The fraction of sp³-hybridized carbons (Fsp3) is 0.400. The Labute approximate surface area is 117 Å². The highest BCUT2D eigenvalue weighted by Gasteiger charge is 2.21. The van der Waals surface area contributed by atoms with Crippen LogP contribution in [0.3, 0.4) is 0 Å². The molecule has 1 atom stereocenters. The van der Waals surface area contributed by atoms with Gasteiger partial charge >= 0.3 is 0 Å². The van der Waals surface area contributed by atoms with Gasteiger partial charge in [0, 0.05) is 30.1 Å². The average Bonchev–Trinajstić information content (AvgIpc) is 2.88. The highest BCUT2D eigenvalue weighted by Crippen LogP contribution is 2.17. The van der Waals surface area contributed by atoms with Crippen molar-refractivity contribution in [1.29, 1.82) is 0 Å². The third kappa shape index (κ3) is 2.63. The Morgan fingerprint density at radius 3 is 2.75 bits per heavy atom. The largest absolute Gasteiger partial charge is 0.302 e. The number of rotatable bonds is 3. The molecule has 0 radical (unpaired) electrons. The average molecular weight is 270 g/mol. The minimum atomic E-state index is -0.0388. The smallest absolute Gasteiger partial charge is 0.266 e. The first-order valence-electron chi connectivity index (χ1n) is 6.93. The topological polar surface area (TPSA) is 51.0 Å². The van der Waals surface area contributed by atoms with Crippen molar-refractivity contribution in [3.63, 3.8) is 0 Å². The van der Waals surface area contributed by atoms with Crippen LogP contribution in [0.4, 0.5) is 0 Å². The molecule has 0 saturated carbocycles. The first-order valence-corrected chi connectivity index (χ1v) is 6.93. The summed E-state index contributed by atoms with van der Waals surface area (Å²) in [4.78, 5) is 18.3. The van der Waals surface area contributed by atoms with E-state index in [4.69, 9.17) is 0 Å². The van der Waals surface area contributed by atoms with Gasteiger partial charge < -0.3 is 4.90 Å². The molecule has 0 amide bonds. The molecule has 1 aliphatic rings. The second kappa shape index (κ2) is 5.54. The zero-order valence-electron chi connectivity index (χ0n) is 11.6. The van der Waals surface area contributed by atoms with Crippen LogP contribution in [0, 0.1) is 0 Å². The van der Waals surface area contributed by atoms with E-state index in [-0.39, 0.29) is 5.56 Å². The van der Waals surface area contributed by atoms with Crippen LogP contribution in [0.15, 0.2) is 41.5 Å². The number of hydrogen-bond donors (Lipinski definition) is 0. The molecule has 0 aromatic carbocycles. The summed E-state index contributed by atoms with van der Waals surface area (Å²) in [6.45, 7) is 1.76. The monoisotopic (exact) mass is 270 g/mol. The van der Waals surface area contributed by atoms with Gasteiger partial charge in [0.05, 0.1) is 12.2 Å². The quantitative estimate of drug-likeness (QED) is 0.846. The third-order valence-electron chi connectivity index (χ3n) is 3.90. The summed E-state index contributed by atoms with van der Waals surface area (Å²) in [6.07, 6.45) is 5.79. The van der Waals surface area contributed by atoms with E-state index in [1.54, 1.807) is 29.2 Å². The lowest BCUT2D eigenvalue weighted by atomic mass is 10.2. The van der Waals surface area contributed by atoms with E-state index in [1.165, 1.54) is 6.42 Å². The maximum absolute atomic E-state index is 12.0. The molecular weight excluding hydrogens is 252 g/mol. The molecule has 2 aromatic heterocycles. The molecule has 0 N–H and O–H groups in total. The maximum atomic E-state index is 12.0. The van der Waals surface area contributed by atoms with E-state index < -0.39 is 0 Å². The number of likely N-dealkylation sites (N-methyl/N-ethyl adjacent to an activating group) is 1. The van der Waals surface area contributed by atoms with Crippen molar-refractivity contribution in [2.75, 3.05) is 13.6 Å². The van der Waals surface area contributed by atoms with Crippen molar-refractivity contribution >= 4 is 0 Å². The van der Waals surface area contributed by atoms with Crippen molar-refractivity contribution < 1.29 is 0 Å². The van der Waals surface area contributed by atoms with Crippen LogP contribution in [0.5, 0.6) is 0 Å². The molecule has 0 spiro atoms. The van der Waals surface area contributed by atoms with Crippen molar-refractivity contribution in [3.8, 4) is 11.3 Å². The molecule has 0 bridgehead atoms. The van der Waals surface area contributed by atoms with E-state index in [2.05, 4.69) is 22.0 Å². The Morgan fingerprint density at radius 2 is 2.05 bits per heavy atom. The Bertz CT molecular complexity index is 638. The van der Waals surface area contributed by atoms with E-state index in [0.717, 1.165) is 24.2 Å². The van der Waals surface area contributed by atoms with Gasteiger partial charge in [0.2, 0.25) is 0 Å². The number of pyridine rings is 1. The van der Waals surface area contributed by atoms with E-state index >= 15 is 0 Å². The fourth-order valence-electron chi connectivity index (χ4n) is 2.67. The van der Waals surface area contributed by atoms with Gasteiger partial charge in [0.15, 0.2) is 0 Å². The zero-order valence-corrected chi connectivity index (χ0v) is 11.6. The van der Waals surface area contributed by atoms with Crippen molar-refractivity contribution in [3.05, 3.63) is 47.0 Å². The minimum absolute atomic E-state index is 0.0388. The Balaban J connectivity index is 1.89. The van der Waals surface area contributed by atoms with Gasteiger partial charge in [0.1, 0.15) is 0 Å². The zero-order chi connectivity index (χ0) is 13.9. The minimum Gasteiger partial charge on any atom is -0.302 e. The molecule has 20 heavy (non-hydrogen) atoms. The summed E-state index contributed by atoms with van der Waals surface area (Å²) in [6, 6.07) is 7.58. The molecule has 2 aromatic rings. The second-order valence-corrected chi connectivity index (χ2v) is 5.25. The Kier molecular flexibility index (Phi) is 3.60. The van der Waals surface area contributed by atoms with Crippen molar-refractivity contribution in [1.82, 2.24) is 19.7 Å². The highest BCUT2D eigenvalue weighted by atomic mass is 16.1. The molecule has 0 aliphatic carbocycles. The number of likely N-dealkylation sites (tertiary alicyclic amines) is 1. The summed E-state index contributed by atoms with van der Waals surface area (Å²) < 4.78 is 1.59. The number of hydrogen-bond acceptors (Lipinski definition) is 4. The molecule has 1 fully saturated rings. The molecule has 5 heteroatoms. The van der Waals surface area contributed by atoms with Gasteiger partial charge in [-0.05, 0) is 44.6 Å². The summed E-state index contributed by atoms with van der Waals surface area (Å²) in [7, 11) is 2.11. The van der Waals surface area contributed by atoms with Gasteiger partial charge in [-0.3, -0.25) is 9.78 Å². The van der Waals surface area contributed by atoms with Gasteiger partial charge in [-0.2, -0.15) is 5.10 Å². The van der Waals surface area contributed by atoms with Crippen molar-refractivity contribution in [2.45, 2.75) is 25.4 Å². The van der Waals surface area contributed by atoms with Crippen LogP contribution >= 0.6 is 0 Å². The lowest BCUT2D eigenvalue weighted by Gasteiger charge is -2.19. The van der Waals surface area contributed by atoms with Gasteiger partial charge in [-0.15, -0.1) is 0 Å². The van der Waals surface area contributed by atoms with Crippen LogP contribution in [-0.2, 0) is 6.54 Å². The summed E-state index contributed by atoms with van der Waals surface area (Å²) >= 11 is 0. The fourth-order valence-corrected chi connectivity index (χ4v) is 2.67. The normalized spacial score (nSPS) is 19.4. The van der Waals surface area contributed by atoms with Gasteiger partial charge in [-0.1, -0.05) is 0 Å². The van der Waals surface area contributed by atoms with Crippen LogP contribution in [0.2, 0.25) is 0 Å². The molecule has 1 unspecified atom stereocenters. The molecule has 3 heterocycles. The predicted octanol–water partition coefficient (Wildman–Crippen LogP) is 1.40. The molecule has 1 aliphatic heterocycles. The standard InChI is InChI=1S/C15H18N4O/c1-18-10-2-3-13(18)11-19-15(20)5-4-14(17-19)12-6-8-16-9-7-12/h4-9,13H,2-3,10-11H2,1H3. The van der Waals surface area contributed by atoms with Crippen molar-refractivity contribution in [2.24, 2.45) is 0 Å². The highest BCUT2D eigenvalue weighted by molar-refractivity contribution is 5.56. The van der Waals surface area contributed by atoms with Crippen LogP contribution < -0.4 is 5.56 Å². The molecule has 5 nitrogen and oxygen atoms in total. The first-order chi connectivity index (χ1) is 9.74. The third-order valence-corrected chi connectivity index (χ3v) is 3.90. The van der Waals surface area contributed by atoms with E-state index in [9.17, 15) is 4.79 Å². The molecule has 104 valence electrons. The number of aromatic nitrogens is 3. The Hall–Kier alpha value is -2.01. The Morgan fingerprint density at radius 1 is 1.25 bits per heavy atom. The molecular formula is C15H18N4O. The van der Waals surface area contributed by atoms with Gasteiger partial charge in [-0.25, -0.2) is 4.68 Å². The van der Waals surface area contributed by atoms with E-state index in [0.29, 0.717) is 12.6 Å². The molecule has 1 saturated heterocycles. The summed E-state index contributed by atoms with van der Waals surface area (Å²) in [5.74, 6) is 0. The number of nitrogens with zero attached hydrogens (tertiary/aromatic N) is 4. The SMILES string of the molecule is CN1CCCC1Cn1nc(-c2ccncc2)ccc1=O. The first kappa shape index (κ1) is 13.0. The van der Waals surface area contributed by atoms with Crippen LogP contribution in [-0.4, -0.2) is 39.3 Å². The van der Waals surface area contributed by atoms with Crippen LogP contribution in [0.25, 0.3) is 11.3 Å². The summed E-state index contributed by atoms with van der Waals surface area (Å²) in [5, 5.41) is 4.49. The lowest BCUT2D eigenvalue weighted by Crippen LogP contribution is -2.34. The molecule has 3 rings (SSSR count). The maximum Gasteiger partial charge on any atom is 0.266 e. The van der Waals surface area contributed by atoms with Crippen LogP contribution in [0.1, 0.15) is 12.8 Å². The predicted molar refractivity (Wildman–Crippen MR) is 77.4 cm³/mol. The summed E-state index contributed by atoms with van der Waals surface area (Å²) in [5.41, 5.74) is 1.75. The van der Waals surface area contributed by atoms with Gasteiger partial charge in [0.25, 0.3) is 5.56 Å².